The number of hydrogen-bond acceptors (Lipinski definition) is 4. The van der Waals surface area contributed by atoms with Gasteiger partial charge in [0, 0.05) is 13.0 Å². The Balaban J connectivity index is 2.12. The number of nitrogens with zero attached hydrogens (tertiary/aromatic N) is 3. The minimum Gasteiger partial charge on any atom is -0.344 e. The fourth-order valence-corrected chi connectivity index (χ4v) is 2.03. The molecule has 0 saturated carbocycles. The van der Waals surface area contributed by atoms with Crippen LogP contribution in [0.2, 0.25) is 0 Å². The molecular weight excluding hydrogens is 275 g/mol. The smallest absolute Gasteiger partial charge is 0.344 e. The minimum absolute atomic E-state index is 0.448. The molecule has 0 aliphatic carbocycles. The third-order valence-electron chi connectivity index (χ3n) is 3.43. The second kappa shape index (κ2) is 4.72. The van der Waals surface area contributed by atoms with Crippen molar-refractivity contribution in [3.05, 3.63) is 11.6 Å². The Morgan fingerprint density at radius 2 is 2.10 bits per heavy atom. The Morgan fingerprint density at radius 1 is 1.45 bits per heavy atom. The number of hydrogen-bond donors (Lipinski definition) is 2. The lowest BCUT2D eigenvalue weighted by atomic mass is 10.0. The first-order chi connectivity index (χ1) is 9.14. The van der Waals surface area contributed by atoms with E-state index < -0.39 is 23.7 Å². The number of carbonyl (C=O) groups is 1. The topological polar surface area (TPSA) is 85.8 Å². The van der Waals surface area contributed by atoms with E-state index in [1.807, 2.05) is 4.57 Å². The number of amides is 1. The number of aromatic nitrogens is 3. The van der Waals surface area contributed by atoms with Crippen LogP contribution in [0.3, 0.4) is 0 Å². The largest absolute Gasteiger partial charge is 0.415 e. The molecule has 9 heteroatoms. The molecule has 0 bridgehead atoms. The lowest BCUT2D eigenvalue weighted by Gasteiger charge is -2.27. The van der Waals surface area contributed by atoms with Crippen molar-refractivity contribution in [3.63, 3.8) is 0 Å². The molecule has 1 aromatic rings. The molecule has 0 fully saturated rings. The van der Waals surface area contributed by atoms with Gasteiger partial charge >= 0.3 is 6.18 Å². The standard InChI is InChI=1S/C11H16F3N5O/c1-6(8-18-17-7-4-3-5-19(7)8)16-9(20)10(2,15)11(12,13)14/h6H,3-5,15H2,1-2H3,(H,16,20). The van der Waals surface area contributed by atoms with Gasteiger partial charge in [-0.1, -0.05) is 0 Å². The van der Waals surface area contributed by atoms with Gasteiger partial charge in [0.05, 0.1) is 6.04 Å². The summed E-state index contributed by atoms with van der Waals surface area (Å²) in [4.78, 5) is 11.7. The van der Waals surface area contributed by atoms with Gasteiger partial charge in [0.25, 0.3) is 0 Å². The maximum atomic E-state index is 12.7. The average molecular weight is 291 g/mol. The first-order valence-corrected chi connectivity index (χ1v) is 6.23. The summed E-state index contributed by atoms with van der Waals surface area (Å²) in [5.41, 5.74) is 2.14. The first kappa shape index (κ1) is 14.8. The highest BCUT2D eigenvalue weighted by molar-refractivity contribution is 5.86. The maximum absolute atomic E-state index is 12.7. The zero-order chi connectivity index (χ0) is 15.1. The molecule has 6 nitrogen and oxygen atoms in total. The van der Waals surface area contributed by atoms with Crippen molar-refractivity contribution in [2.24, 2.45) is 5.73 Å². The second-order valence-corrected chi connectivity index (χ2v) is 5.12. The fourth-order valence-electron chi connectivity index (χ4n) is 2.03. The summed E-state index contributed by atoms with van der Waals surface area (Å²) in [6, 6.07) is -0.688. The highest BCUT2D eigenvalue weighted by Gasteiger charge is 2.54. The van der Waals surface area contributed by atoms with Gasteiger partial charge in [-0.3, -0.25) is 4.79 Å². The molecule has 0 aromatic carbocycles. The zero-order valence-corrected chi connectivity index (χ0v) is 11.2. The van der Waals surface area contributed by atoms with E-state index in [1.54, 1.807) is 6.92 Å². The van der Waals surface area contributed by atoms with E-state index in [0.29, 0.717) is 19.3 Å². The van der Waals surface area contributed by atoms with Gasteiger partial charge in [-0.05, 0) is 20.3 Å². The predicted octanol–water partition coefficient (Wildman–Crippen LogP) is 0.681. The summed E-state index contributed by atoms with van der Waals surface area (Å²) >= 11 is 0. The molecule has 1 aromatic heterocycles. The van der Waals surface area contributed by atoms with Crippen molar-refractivity contribution in [2.75, 3.05) is 0 Å². The SMILES string of the molecule is CC(NC(=O)C(C)(N)C(F)(F)F)c1nnc2n1CCC2. The second-order valence-electron chi connectivity index (χ2n) is 5.12. The number of aryl methyl sites for hydroxylation is 1. The van der Waals surface area contributed by atoms with Crippen molar-refractivity contribution < 1.29 is 18.0 Å². The van der Waals surface area contributed by atoms with Crippen molar-refractivity contribution in [2.45, 2.75) is 51.0 Å². The van der Waals surface area contributed by atoms with Crippen LogP contribution in [0.1, 0.15) is 38.0 Å². The van der Waals surface area contributed by atoms with Gasteiger partial charge in [-0.2, -0.15) is 13.2 Å². The van der Waals surface area contributed by atoms with E-state index in [0.717, 1.165) is 18.7 Å². The monoisotopic (exact) mass is 291 g/mol. The molecule has 0 saturated heterocycles. The number of fused-ring (bicyclic) bond motifs is 1. The van der Waals surface area contributed by atoms with Crippen LogP contribution in [-0.4, -0.2) is 32.4 Å². The van der Waals surface area contributed by atoms with Gasteiger partial charge in [0.15, 0.2) is 11.4 Å². The maximum Gasteiger partial charge on any atom is 0.415 e. The lowest BCUT2D eigenvalue weighted by Crippen LogP contribution is -2.61. The van der Waals surface area contributed by atoms with Gasteiger partial charge in [-0.25, -0.2) is 0 Å². The van der Waals surface area contributed by atoms with E-state index in [1.165, 1.54) is 0 Å². The number of carbonyl (C=O) groups excluding carboxylic acids is 1. The molecule has 0 spiro atoms. The van der Waals surface area contributed by atoms with Crippen LogP contribution in [0.25, 0.3) is 0 Å². The number of rotatable bonds is 3. The van der Waals surface area contributed by atoms with E-state index in [2.05, 4.69) is 15.5 Å². The fraction of sp³-hybridized carbons (Fsp3) is 0.727. The number of nitrogens with one attached hydrogen (secondary N) is 1. The zero-order valence-electron chi connectivity index (χ0n) is 11.2. The van der Waals surface area contributed by atoms with Crippen molar-refractivity contribution >= 4 is 5.91 Å². The summed E-state index contributed by atoms with van der Waals surface area (Å²) in [5.74, 6) is -0.0518. The van der Waals surface area contributed by atoms with Crippen LogP contribution >= 0.6 is 0 Å². The van der Waals surface area contributed by atoms with Crippen molar-refractivity contribution in [1.29, 1.82) is 0 Å². The summed E-state index contributed by atoms with van der Waals surface area (Å²) < 4.78 is 39.8. The Bertz CT molecular complexity index is 523. The van der Waals surface area contributed by atoms with Gasteiger partial charge < -0.3 is 15.6 Å². The molecule has 1 aliphatic rings. The molecule has 2 rings (SSSR count). The van der Waals surface area contributed by atoms with E-state index >= 15 is 0 Å². The Labute approximate surface area is 113 Å². The molecule has 0 radical (unpaired) electrons. The Kier molecular flexibility index (Phi) is 3.49. The van der Waals surface area contributed by atoms with Crippen LogP contribution in [0.5, 0.6) is 0 Å². The normalized spacial score (nSPS) is 19.3. The van der Waals surface area contributed by atoms with E-state index in [-0.39, 0.29) is 0 Å². The lowest BCUT2D eigenvalue weighted by molar-refractivity contribution is -0.187. The van der Waals surface area contributed by atoms with Gasteiger partial charge in [0.2, 0.25) is 5.91 Å². The summed E-state index contributed by atoms with van der Waals surface area (Å²) in [7, 11) is 0. The van der Waals surface area contributed by atoms with Gasteiger partial charge in [0.1, 0.15) is 5.82 Å². The number of halogens is 3. The molecule has 2 unspecified atom stereocenters. The van der Waals surface area contributed by atoms with Crippen LogP contribution in [-0.2, 0) is 17.8 Å². The molecule has 112 valence electrons. The molecular formula is C11H16F3N5O. The molecule has 1 amide bonds. The third-order valence-corrected chi connectivity index (χ3v) is 3.43. The molecule has 1 aliphatic heterocycles. The predicted molar refractivity (Wildman–Crippen MR) is 63.5 cm³/mol. The molecule has 20 heavy (non-hydrogen) atoms. The Morgan fingerprint density at radius 3 is 2.70 bits per heavy atom. The van der Waals surface area contributed by atoms with E-state index in [4.69, 9.17) is 5.73 Å². The quantitative estimate of drug-likeness (QED) is 0.857. The highest BCUT2D eigenvalue weighted by Crippen LogP contribution is 2.29. The Hall–Kier alpha value is -1.64. The van der Waals surface area contributed by atoms with Gasteiger partial charge in [-0.15, -0.1) is 10.2 Å². The summed E-state index contributed by atoms with van der Waals surface area (Å²) in [5, 5.41) is 10.1. The van der Waals surface area contributed by atoms with Crippen molar-refractivity contribution in [1.82, 2.24) is 20.1 Å². The van der Waals surface area contributed by atoms with Crippen LogP contribution < -0.4 is 11.1 Å². The summed E-state index contributed by atoms with van der Waals surface area (Å²) in [6.45, 7) is 2.90. The van der Waals surface area contributed by atoms with Crippen molar-refractivity contribution in [3.8, 4) is 0 Å². The van der Waals surface area contributed by atoms with Crippen LogP contribution in [0.4, 0.5) is 13.2 Å². The van der Waals surface area contributed by atoms with Crippen LogP contribution in [0.15, 0.2) is 0 Å². The molecule has 3 N–H and O–H groups in total. The third kappa shape index (κ3) is 2.37. The summed E-state index contributed by atoms with van der Waals surface area (Å²) in [6.07, 6.45) is -3.12. The molecule has 2 heterocycles. The number of alkyl halides is 3. The first-order valence-electron chi connectivity index (χ1n) is 6.23. The average Bonchev–Trinajstić information content (AvgIpc) is 2.87. The minimum atomic E-state index is -4.82. The highest BCUT2D eigenvalue weighted by atomic mass is 19.4. The number of nitrogens with two attached hydrogens (primary N) is 1. The van der Waals surface area contributed by atoms with E-state index in [9.17, 15) is 18.0 Å². The molecule has 2 atom stereocenters. The van der Waals surface area contributed by atoms with Crippen LogP contribution in [0, 0.1) is 0 Å².